The Morgan fingerprint density at radius 2 is 1.48 bits per heavy atom. The predicted molar refractivity (Wildman–Crippen MR) is 122 cm³/mol. The van der Waals surface area contributed by atoms with Crippen molar-refractivity contribution in [1.29, 1.82) is 0 Å². The van der Waals surface area contributed by atoms with Gasteiger partial charge in [0.05, 0.1) is 25.8 Å². The van der Waals surface area contributed by atoms with Gasteiger partial charge in [-0.25, -0.2) is 9.98 Å². The second-order valence-electron chi connectivity index (χ2n) is 6.85. The number of hydrogen-bond acceptors (Lipinski definition) is 8. The minimum Gasteiger partial charge on any atom is -0.545 e. The zero-order valence-electron chi connectivity index (χ0n) is 17.9. The van der Waals surface area contributed by atoms with Crippen molar-refractivity contribution in [3.05, 3.63) is 83.9 Å². The Balaban J connectivity index is 1.80. The van der Waals surface area contributed by atoms with Crippen molar-refractivity contribution in [1.82, 2.24) is 15.2 Å². The van der Waals surface area contributed by atoms with E-state index in [1.807, 2.05) is 60.7 Å². The molecule has 4 rings (SSSR count). The Morgan fingerprint density at radius 1 is 0.848 bits per heavy atom. The van der Waals surface area contributed by atoms with Gasteiger partial charge in [0.2, 0.25) is 0 Å². The topological polar surface area (TPSA) is 110 Å². The van der Waals surface area contributed by atoms with Crippen LogP contribution in [0, 0.1) is 0 Å². The van der Waals surface area contributed by atoms with E-state index in [9.17, 15) is 9.90 Å². The maximum Gasteiger partial charge on any atom is 0.269 e. The molecule has 1 heterocycles. The minimum atomic E-state index is -1.42. The largest absolute Gasteiger partial charge is 0.545 e. The summed E-state index contributed by atoms with van der Waals surface area (Å²) in [6.07, 6.45) is 1.33. The minimum absolute atomic E-state index is 0.0462. The first-order chi connectivity index (χ1) is 16.1. The van der Waals surface area contributed by atoms with Gasteiger partial charge in [-0.3, -0.25) is 0 Å². The molecule has 1 aromatic heterocycles. The second-order valence-corrected chi connectivity index (χ2v) is 6.85. The lowest BCUT2D eigenvalue weighted by molar-refractivity contribution is -0.255. The smallest absolute Gasteiger partial charge is 0.269 e. The Kier molecular flexibility index (Phi) is 6.36. The van der Waals surface area contributed by atoms with E-state index in [-0.39, 0.29) is 28.6 Å². The molecular weight excluding hydrogens is 420 g/mol. The number of hydrogen-bond donors (Lipinski definition) is 0. The summed E-state index contributed by atoms with van der Waals surface area (Å²) in [6.45, 7) is 0. The molecule has 0 aliphatic heterocycles. The van der Waals surface area contributed by atoms with Crippen LogP contribution in [-0.4, -0.2) is 41.6 Å². The molecule has 0 amide bonds. The highest BCUT2D eigenvalue weighted by atomic mass is 16.5. The Morgan fingerprint density at radius 3 is 2.06 bits per heavy atom. The van der Waals surface area contributed by atoms with Crippen molar-refractivity contribution in [2.24, 2.45) is 4.99 Å². The molecule has 0 fully saturated rings. The maximum atomic E-state index is 11.8. The summed E-state index contributed by atoms with van der Waals surface area (Å²) in [5.41, 5.74) is 3.01. The molecule has 0 saturated heterocycles. The average Bonchev–Trinajstić information content (AvgIpc) is 2.87. The zero-order chi connectivity index (χ0) is 23.2. The van der Waals surface area contributed by atoms with Crippen LogP contribution in [0.1, 0.15) is 15.9 Å². The van der Waals surface area contributed by atoms with Crippen LogP contribution < -0.4 is 14.6 Å². The summed E-state index contributed by atoms with van der Waals surface area (Å²) in [6, 6.07) is 22.3. The number of methoxy groups -OCH3 is 2. The van der Waals surface area contributed by atoms with Crippen LogP contribution in [0.4, 0.5) is 5.95 Å². The van der Waals surface area contributed by atoms with E-state index in [1.54, 1.807) is 12.1 Å². The Labute approximate surface area is 190 Å². The number of carboxylic acid groups (broad SMARTS) is 1. The first-order valence-corrected chi connectivity index (χ1v) is 9.98. The Hall–Kier alpha value is -4.59. The molecule has 0 atom stereocenters. The van der Waals surface area contributed by atoms with Gasteiger partial charge in [-0.05, 0) is 12.1 Å². The summed E-state index contributed by atoms with van der Waals surface area (Å²) in [7, 11) is 2.77. The molecule has 8 nitrogen and oxygen atoms in total. The number of carbonyl (C=O) groups is 1. The van der Waals surface area contributed by atoms with E-state index in [0.29, 0.717) is 11.4 Å². The normalized spacial score (nSPS) is 10.8. The molecule has 0 saturated carbocycles. The van der Waals surface area contributed by atoms with Crippen molar-refractivity contribution in [3.63, 3.8) is 0 Å². The fourth-order valence-corrected chi connectivity index (χ4v) is 3.35. The van der Waals surface area contributed by atoms with Gasteiger partial charge in [0.1, 0.15) is 11.4 Å². The Bertz CT molecular complexity index is 1310. The lowest BCUT2D eigenvalue weighted by atomic mass is 10.0. The lowest BCUT2D eigenvalue weighted by Gasteiger charge is -2.15. The molecule has 8 heteroatoms. The molecule has 0 bridgehead atoms. The van der Waals surface area contributed by atoms with Crippen molar-refractivity contribution in [2.75, 3.05) is 14.2 Å². The lowest BCUT2D eigenvalue weighted by Crippen LogP contribution is -2.24. The van der Waals surface area contributed by atoms with E-state index >= 15 is 0 Å². The number of carbonyl (C=O) groups excluding carboxylic acids is 1. The molecule has 0 N–H and O–H groups in total. The van der Waals surface area contributed by atoms with Crippen LogP contribution in [0.5, 0.6) is 11.5 Å². The average molecular weight is 439 g/mol. The van der Waals surface area contributed by atoms with Gasteiger partial charge in [-0.2, -0.15) is 0 Å². The quantitative estimate of drug-likeness (QED) is 0.406. The molecule has 0 unspecified atom stereocenters. The van der Waals surface area contributed by atoms with Crippen molar-refractivity contribution in [3.8, 4) is 34.0 Å². The molecular formula is C25H19N4O4-. The third-order valence-corrected chi connectivity index (χ3v) is 4.87. The second kappa shape index (κ2) is 9.69. The molecule has 0 radical (unpaired) electrons. The van der Waals surface area contributed by atoms with E-state index in [0.717, 1.165) is 11.1 Å². The van der Waals surface area contributed by atoms with Gasteiger partial charge in [-0.1, -0.05) is 60.7 Å². The molecule has 164 valence electrons. The van der Waals surface area contributed by atoms with Gasteiger partial charge in [0.25, 0.3) is 5.95 Å². The highest BCUT2D eigenvalue weighted by Gasteiger charge is 2.16. The van der Waals surface area contributed by atoms with Crippen LogP contribution in [-0.2, 0) is 0 Å². The third-order valence-electron chi connectivity index (χ3n) is 4.87. The van der Waals surface area contributed by atoms with Crippen molar-refractivity contribution >= 4 is 18.1 Å². The fraction of sp³-hybridized carbons (Fsp3) is 0.0800. The monoisotopic (exact) mass is 439 g/mol. The number of nitrogens with zero attached hydrogens (tertiary/aromatic N) is 4. The summed E-state index contributed by atoms with van der Waals surface area (Å²) >= 11 is 0. The van der Waals surface area contributed by atoms with Gasteiger partial charge in [0, 0.05) is 22.9 Å². The molecule has 3 aromatic carbocycles. The number of aromatic nitrogens is 3. The van der Waals surface area contributed by atoms with Crippen LogP contribution in [0.2, 0.25) is 0 Å². The number of rotatable bonds is 7. The van der Waals surface area contributed by atoms with Gasteiger partial charge < -0.3 is 19.4 Å². The van der Waals surface area contributed by atoms with Gasteiger partial charge >= 0.3 is 0 Å². The number of aromatic carboxylic acids is 1. The van der Waals surface area contributed by atoms with E-state index in [4.69, 9.17) is 9.47 Å². The molecule has 4 aromatic rings. The standard InChI is InChI=1S/C25H20N4O4/c1-32-19-14-13-18(20(24(30)31)23(19)33-2)15-26-25-27-21(16-9-5-3-6-10-16)22(28-29-25)17-11-7-4-8-12-17/h3-15H,1-2H3,(H,30,31)/p-1. The summed E-state index contributed by atoms with van der Waals surface area (Å²) < 4.78 is 10.4. The maximum absolute atomic E-state index is 11.8. The van der Waals surface area contributed by atoms with E-state index in [1.165, 1.54) is 20.4 Å². The van der Waals surface area contributed by atoms with Gasteiger partial charge in [0.15, 0.2) is 11.5 Å². The van der Waals surface area contributed by atoms with Crippen LogP contribution in [0.15, 0.2) is 77.8 Å². The molecule has 33 heavy (non-hydrogen) atoms. The summed E-state index contributed by atoms with van der Waals surface area (Å²) in [5.74, 6) is -1.03. The zero-order valence-corrected chi connectivity index (χ0v) is 17.9. The molecule has 0 aliphatic rings. The van der Waals surface area contributed by atoms with Crippen molar-refractivity contribution < 1.29 is 19.4 Å². The number of ether oxygens (including phenoxy) is 2. The van der Waals surface area contributed by atoms with Gasteiger partial charge in [-0.15, -0.1) is 10.2 Å². The van der Waals surface area contributed by atoms with Crippen molar-refractivity contribution in [2.45, 2.75) is 0 Å². The SMILES string of the molecule is COc1ccc(C=Nc2nnc(-c3ccccc3)c(-c3ccccc3)n2)c(C(=O)[O-])c1OC. The highest BCUT2D eigenvalue weighted by molar-refractivity contribution is 6.01. The third kappa shape index (κ3) is 4.54. The van der Waals surface area contributed by atoms with E-state index in [2.05, 4.69) is 20.2 Å². The van der Waals surface area contributed by atoms with Crippen LogP contribution in [0.3, 0.4) is 0 Å². The fourth-order valence-electron chi connectivity index (χ4n) is 3.35. The number of carboxylic acids is 1. The molecule has 0 spiro atoms. The first-order valence-electron chi connectivity index (χ1n) is 9.98. The summed E-state index contributed by atoms with van der Waals surface area (Å²) in [4.78, 5) is 20.6. The number of aliphatic imine (C=N–C) groups is 1. The van der Waals surface area contributed by atoms with Crippen LogP contribution in [0.25, 0.3) is 22.5 Å². The van der Waals surface area contributed by atoms with E-state index < -0.39 is 5.97 Å². The number of benzene rings is 3. The highest BCUT2D eigenvalue weighted by Crippen LogP contribution is 2.33. The first kappa shape index (κ1) is 21.6. The van der Waals surface area contributed by atoms with Crippen LogP contribution >= 0.6 is 0 Å². The predicted octanol–water partition coefficient (Wildman–Crippen LogP) is 3.34. The molecule has 0 aliphatic carbocycles. The summed E-state index contributed by atoms with van der Waals surface area (Å²) in [5, 5.41) is 20.3.